The zero-order valence-electron chi connectivity index (χ0n) is 15.9. The quantitative estimate of drug-likeness (QED) is 0.684. The van der Waals surface area contributed by atoms with E-state index in [4.69, 9.17) is 4.74 Å². The second-order valence-electron chi connectivity index (χ2n) is 6.03. The fraction of sp³-hybridized carbons (Fsp3) is 0.286. The summed E-state index contributed by atoms with van der Waals surface area (Å²) in [6, 6.07) is 11.2. The third kappa shape index (κ3) is 5.64. The Hall–Kier alpha value is -3.22. The third-order valence-corrected chi connectivity index (χ3v) is 4.14. The van der Waals surface area contributed by atoms with Gasteiger partial charge in [-0.15, -0.1) is 0 Å². The zero-order chi connectivity index (χ0) is 20.5. The smallest absolute Gasteiger partial charge is 0.325 e. The van der Waals surface area contributed by atoms with Crippen LogP contribution in [0.15, 0.2) is 42.5 Å². The van der Waals surface area contributed by atoms with Crippen LogP contribution < -0.4 is 10.6 Å². The van der Waals surface area contributed by atoms with Crippen LogP contribution in [0.25, 0.3) is 0 Å². The molecule has 0 saturated carbocycles. The van der Waals surface area contributed by atoms with Gasteiger partial charge in [0.1, 0.15) is 12.4 Å². The van der Waals surface area contributed by atoms with Gasteiger partial charge >= 0.3 is 5.97 Å². The van der Waals surface area contributed by atoms with Crippen LogP contribution >= 0.6 is 0 Å². The molecular weight excluding hydrogens is 363 g/mol. The first-order valence-electron chi connectivity index (χ1n) is 9.05. The van der Waals surface area contributed by atoms with Crippen molar-refractivity contribution in [3.8, 4) is 0 Å². The van der Waals surface area contributed by atoms with Crippen molar-refractivity contribution in [1.29, 1.82) is 0 Å². The molecule has 2 rings (SSSR count). The van der Waals surface area contributed by atoms with E-state index < -0.39 is 36.8 Å². The van der Waals surface area contributed by atoms with Gasteiger partial charge in [-0.1, -0.05) is 44.2 Å². The summed E-state index contributed by atoms with van der Waals surface area (Å²) in [7, 11) is 0. The summed E-state index contributed by atoms with van der Waals surface area (Å²) in [5.74, 6) is -2.68. The van der Waals surface area contributed by atoms with Crippen molar-refractivity contribution in [2.45, 2.75) is 26.7 Å². The number of aryl methyl sites for hydroxylation is 2. The summed E-state index contributed by atoms with van der Waals surface area (Å²) in [6.45, 7) is 3.03. The minimum absolute atomic E-state index is 0.170. The number of amides is 2. The Kier molecular flexibility index (Phi) is 7.68. The molecule has 2 aromatic rings. The van der Waals surface area contributed by atoms with E-state index >= 15 is 0 Å². The van der Waals surface area contributed by atoms with Crippen LogP contribution in [-0.4, -0.2) is 30.9 Å². The second-order valence-corrected chi connectivity index (χ2v) is 6.03. The molecule has 0 heterocycles. The number of esters is 1. The molecule has 0 bridgehead atoms. The molecule has 0 aliphatic carbocycles. The topological polar surface area (TPSA) is 84.5 Å². The number of ether oxygens (including phenoxy) is 1. The molecule has 0 unspecified atom stereocenters. The number of carbonyl (C=O) groups excluding carboxylic acids is 3. The van der Waals surface area contributed by atoms with E-state index in [1.54, 1.807) is 0 Å². The number of hydrogen-bond donors (Lipinski definition) is 2. The van der Waals surface area contributed by atoms with Gasteiger partial charge in [0, 0.05) is 5.69 Å². The lowest BCUT2D eigenvalue weighted by molar-refractivity contribution is -0.146. The highest BCUT2D eigenvalue weighted by Gasteiger charge is 2.15. The Labute approximate surface area is 163 Å². The number of anilines is 1. The van der Waals surface area contributed by atoms with Crippen molar-refractivity contribution >= 4 is 23.5 Å². The molecular formula is C21H23FN2O4. The lowest BCUT2D eigenvalue weighted by atomic mass is 10.0. The molecule has 0 radical (unpaired) electrons. The van der Waals surface area contributed by atoms with E-state index in [-0.39, 0.29) is 5.56 Å². The van der Waals surface area contributed by atoms with Gasteiger partial charge in [-0.3, -0.25) is 14.4 Å². The highest BCUT2D eigenvalue weighted by atomic mass is 19.1. The van der Waals surface area contributed by atoms with Crippen LogP contribution in [-0.2, 0) is 27.2 Å². The van der Waals surface area contributed by atoms with Gasteiger partial charge in [0.15, 0.2) is 6.61 Å². The predicted octanol–water partition coefficient (Wildman–Crippen LogP) is 2.86. The summed E-state index contributed by atoms with van der Waals surface area (Å²) in [4.78, 5) is 35.7. The van der Waals surface area contributed by atoms with Crippen LogP contribution in [0.1, 0.15) is 35.3 Å². The van der Waals surface area contributed by atoms with Crippen LogP contribution in [0.2, 0.25) is 0 Å². The number of carbonyl (C=O) groups is 3. The fourth-order valence-corrected chi connectivity index (χ4v) is 2.67. The highest BCUT2D eigenvalue weighted by molar-refractivity contribution is 5.97. The van der Waals surface area contributed by atoms with E-state index in [0.29, 0.717) is 0 Å². The SMILES string of the molecule is CCc1cccc(CC)c1NC(=O)COC(=O)CNC(=O)c1ccccc1F. The summed E-state index contributed by atoms with van der Waals surface area (Å²) >= 11 is 0. The standard InChI is InChI=1S/C21H23FN2O4/c1-3-14-8-7-9-15(4-2)20(14)24-18(25)13-28-19(26)12-23-21(27)16-10-5-6-11-17(16)22/h5-11H,3-4,12-13H2,1-2H3,(H,23,27)(H,24,25). The summed E-state index contributed by atoms with van der Waals surface area (Å²) in [6.07, 6.45) is 1.51. The van der Waals surface area contributed by atoms with E-state index in [1.807, 2.05) is 32.0 Å². The van der Waals surface area contributed by atoms with E-state index in [2.05, 4.69) is 10.6 Å². The van der Waals surface area contributed by atoms with Gasteiger partial charge in [0.25, 0.3) is 11.8 Å². The van der Waals surface area contributed by atoms with Crippen LogP contribution in [0, 0.1) is 5.82 Å². The summed E-state index contributed by atoms with van der Waals surface area (Å²) < 4.78 is 18.4. The molecule has 0 atom stereocenters. The Morgan fingerprint density at radius 1 is 0.964 bits per heavy atom. The minimum atomic E-state index is -0.792. The number of rotatable bonds is 8. The molecule has 6 nitrogen and oxygen atoms in total. The molecule has 2 amide bonds. The Morgan fingerprint density at radius 3 is 2.21 bits per heavy atom. The molecule has 0 aromatic heterocycles. The zero-order valence-corrected chi connectivity index (χ0v) is 15.9. The largest absolute Gasteiger partial charge is 0.454 e. The fourth-order valence-electron chi connectivity index (χ4n) is 2.67. The first-order chi connectivity index (χ1) is 13.5. The van der Waals surface area contributed by atoms with Gasteiger partial charge in [-0.2, -0.15) is 0 Å². The summed E-state index contributed by atoms with van der Waals surface area (Å²) in [5.41, 5.74) is 2.56. The molecule has 0 saturated heterocycles. The number of para-hydroxylation sites is 1. The van der Waals surface area contributed by atoms with Crippen molar-refractivity contribution in [2.75, 3.05) is 18.5 Å². The van der Waals surface area contributed by atoms with Crippen molar-refractivity contribution in [2.24, 2.45) is 0 Å². The number of halogens is 1. The molecule has 2 aromatic carbocycles. The van der Waals surface area contributed by atoms with Gasteiger partial charge in [-0.05, 0) is 36.1 Å². The Morgan fingerprint density at radius 2 is 1.61 bits per heavy atom. The van der Waals surface area contributed by atoms with Gasteiger partial charge in [0.05, 0.1) is 5.56 Å². The first-order valence-corrected chi connectivity index (χ1v) is 9.05. The highest BCUT2D eigenvalue weighted by Crippen LogP contribution is 2.22. The monoisotopic (exact) mass is 386 g/mol. The maximum absolute atomic E-state index is 13.5. The van der Waals surface area contributed by atoms with Crippen LogP contribution in [0.5, 0.6) is 0 Å². The lowest BCUT2D eigenvalue weighted by Crippen LogP contribution is -2.32. The van der Waals surface area contributed by atoms with Crippen LogP contribution in [0.4, 0.5) is 10.1 Å². The predicted molar refractivity (Wildman–Crippen MR) is 104 cm³/mol. The molecule has 0 spiro atoms. The molecule has 0 fully saturated rings. The van der Waals surface area contributed by atoms with Crippen molar-refractivity contribution in [1.82, 2.24) is 5.32 Å². The molecule has 7 heteroatoms. The molecule has 2 N–H and O–H groups in total. The number of nitrogens with one attached hydrogen (secondary N) is 2. The number of hydrogen-bond acceptors (Lipinski definition) is 4. The van der Waals surface area contributed by atoms with Crippen molar-refractivity contribution in [3.63, 3.8) is 0 Å². The maximum atomic E-state index is 13.5. The molecule has 28 heavy (non-hydrogen) atoms. The second kappa shape index (κ2) is 10.2. The Bertz CT molecular complexity index is 845. The van der Waals surface area contributed by atoms with Gasteiger partial charge in [0.2, 0.25) is 0 Å². The lowest BCUT2D eigenvalue weighted by Gasteiger charge is -2.14. The number of benzene rings is 2. The normalized spacial score (nSPS) is 10.2. The average Bonchev–Trinajstić information content (AvgIpc) is 2.70. The minimum Gasteiger partial charge on any atom is -0.454 e. The van der Waals surface area contributed by atoms with Crippen molar-refractivity contribution < 1.29 is 23.5 Å². The molecule has 0 aliphatic heterocycles. The Balaban J connectivity index is 1.84. The van der Waals surface area contributed by atoms with E-state index in [0.717, 1.165) is 35.7 Å². The molecule has 148 valence electrons. The maximum Gasteiger partial charge on any atom is 0.325 e. The van der Waals surface area contributed by atoms with E-state index in [1.165, 1.54) is 18.2 Å². The van der Waals surface area contributed by atoms with E-state index in [9.17, 15) is 18.8 Å². The molecule has 0 aliphatic rings. The summed E-state index contributed by atoms with van der Waals surface area (Å²) in [5, 5.41) is 5.05. The van der Waals surface area contributed by atoms with Gasteiger partial charge in [-0.25, -0.2) is 4.39 Å². The third-order valence-electron chi connectivity index (χ3n) is 4.14. The van der Waals surface area contributed by atoms with Gasteiger partial charge < -0.3 is 15.4 Å². The first kappa shape index (κ1) is 21.1. The average molecular weight is 386 g/mol. The van der Waals surface area contributed by atoms with Crippen LogP contribution in [0.3, 0.4) is 0 Å². The van der Waals surface area contributed by atoms with Crippen molar-refractivity contribution in [3.05, 3.63) is 65.0 Å².